The van der Waals surface area contributed by atoms with Crippen molar-refractivity contribution >= 4 is 12.0 Å². The fourth-order valence-electron chi connectivity index (χ4n) is 2.55. The average Bonchev–Trinajstić information content (AvgIpc) is 2.83. The van der Waals surface area contributed by atoms with Crippen LogP contribution in [0.5, 0.6) is 0 Å². The van der Waals surface area contributed by atoms with Crippen molar-refractivity contribution < 1.29 is 14.7 Å². The molecule has 1 aliphatic rings. The van der Waals surface area contributed by atoms with Gasteiger partial charge in [0.05, 0.1) is 6.20 Å². The van der Waals surface area contributed by atoms with Crippen LogP contribution in [0.25, 0.3) is 0 Å². The van der Waals surface area contributed by atoms with Crippen molar-refractivity contribution in [3.05, 3.63) is 18.0 Å². The summed E-state index contributed by atoms with van der Waals surface area (Å²) in [4.78, 5) is 23.3. The molecule has 20 heavy (non-hydrogen) atoms. The van der Waals surface area contributed by atoms with Crippen LogP contribution in [0.4, 0.5) is 4.79 Å². The van der Waals surface area contributed by atoms with Gasteiger partial charge >= 0.3 is 12.0 Å². The summed E-state index contributed by atoms with van der Waals surface area (Å²) in [5.74, 6) is -0.950. The van der Waals surface area contributed by atoms with Gasteiger partial charge in [-0.3, -0.25) is 4.68 Å². The van der Waals surface area contributed by atoms with E-state index in [1.54, 1.807) is 24.1 Å². The summed E-state index contributed by atoms with van der Waals surface area (Å²) in [6.07, 6.45) is 7.12. The smallest absolute Gasteiger partial charge is 0.329 e. The van der Waals surface area contributed by atoms with Crippen LogP contribution < -0.4 is 10.6 Å². The number of carboxylic acids is 1. The number of carbonyl (C=O) groups is 2. The number of urea groups is 1. The summed E-state index contributed by atoms with van der Waals surface area (Å²) in [6.45, 7) is 0.329. The Balaban J connectivity index is 1.90. The maximum absolute atomic E-state index is 11.9. The molecule has 0 bridgehead atoms. The van der Waals surface area contributed by atoms with E-state index in [0.29, 0.717) is 19.4 Å². The Morgan fingerprint density at radius 2 is 2.10 bits per heavy atom. The van der Waals surface area contributed by atoms with Crippen LogP contribution in [-0.4, -0.2) is 32.4 Å². The Hall–Kier alpha value is -2.05. The topological polar surface area (TPSA) is 96.2 Å². The fraction of sp³-hybridized carbons (Fsp3) is 0.615. The number of rotatable bonds is 4. The van der Waals surface area contributed by atoms with Crippen molar-refractivity contribution in [3.8, 4) is 0 Å². The third-order valence-electron chi connectivity index (χ3n) is 3.68. The zero-order valence-electron chi connectivity index (χ0n) is 11.6. The van der Waals surface area contributed by atoms with E-state index in [-0.39, 0.29) is 0 Å². The zero-order valence-corrected chi connectivity index (χ0v) is 11.6. The Kier molecular flexibility index (Phi) is 4.26. The van der Waals surface area contributed by atoms with Crippen LogP contribution in [0.1, 0.15) is 37.7 Å². The highest BCUT2D eigenvalue weighted by Gasteiger charge is 2.40. The molecule has 0 aliphatic heterocycles. The third-order valence-corrected chi connectivity index (χ3v) is 3.68. The minimum absolute atomic E-state index is 0.329. The van der Waals surface area contributed by atoms with Gasteiger partial charge in [0.25, 0.3) is 0 Å². The predicted octanol–water partition coefficient (Wildman–Crippen LogP) is 1.01. The SMILES string of the molecule is Cn1cc(CNC(=O)NC2(C(=O)O)CCCCC2)cn1. The number of aryl methyl sites for hydroxylation is 1. The zero-order chi connectivity index (χ0) is 14.6. The molecule has 1 saturated carbocycles. The second-order valence-corrected chi connectivity index (χ2v) is 5.28. The van der Waals surface area contributed by atoms with E-state index >= 15 is 0 Å². The van der Waals surface area contributed by atoms with Gasteiger partial charge < -0.3 is 15.7 Å². The highest BCUT2D eigenvalue weighted by molar-refractivity contribution is 5.86. The number of nitrogens with zero attached hydrogens (tertiary/aromatic N) is 2. The Labute approximate surface area is 117 Å². The van der Waals surface area contributed by atoms with Crippen LogP contribution >= 0.6 is 0 Å². The van der Waals surface area contributed by atoms with Gasteiger partial charge in [-0.2, -0.15) is 5.10 Å². The number of amides is 2. The first-order chi connectivity index (χ1) is 9.52. The van der Waals surface area contributed by atoms with Crippen LogP contribution in [0.15, 0.2) is 12.4 Å². The highest BCUT2D eigenvalue weighted by atomic mass is 16.4. The number of nitrogens with one attached hydrogen (secondary N) is 2. The van der Waals surface area contributed by atoms with Crippen LogP contribution in [0, 0.1) is 0 Å². The van der Waals surface area contributed by atoms with E-state index < -0.39 is 17.5 Å². The first kappa shape index (κ1) is 14.4. The Morgan fingerprint density at radius 1 is 1.40 bits per heavy atom. The van der Waals surface area contributed by atoms with E-state index in [0.717, 1.165) is 24.8 Å². The number of hydrogen-bond donors (Lipinski definition) is 3. The van der Waals surface area contributed by atoms with Crippen molar-refractivity contribution in [2.24, 2.45) is 7.05 Å². The van der Waals surface area contributed by atoms with Crippen LogP contribution in [0.3, 0.4) is 0 Å². The summed E-state index contributed by atoms with van der Waals surface area (Å²) < 4.78 is 1.65. The van der Waals surface area contributed by atoms with Gasteiger partial charge in [0.2, 0.25) is 0 Å². The summed E-state index contributed by atoms with van der Waals surface area (Å²) in [6, 6.07) is -0.446. The van der Waals surface area contributed by atoms with Gasteiger partial charge in [-0.25, -0.2) is 9.59 Å². The van der Waals surface area contributed by atoms with Gasteiger partial charge in [0, 0.05) is 25.4 Å². The molecular weight excluding hydrogens is 260 g/mol. The lowest BCUT2D eigenvalue weighted by molar-refractivity contribution is -0.145. The van der Waals surface area contributed by atoms with Crippen molar-refractivity contribution in [2.45, 2.75) is 44.2 Å². The minimum atomic E-state index is -1.11. The van der Waals surface area contributed by atoms with Crippen LogP contribution in [-0.2, 0) is 18.4 Å². The summed E-state index contributed by atoms with van der Waals surface area (Å²) >= 11 is 0. The molecule has 0 spiro atoms. The Bertz CT molecular complexity index is 492. The lowest BCUT2D eigenvalue weighted by Gasteiger charge is -2.33. The summed E-state index contributed by atoms with van der Waals surface area (Å²) in [5.41, 5.74) is -0.243. The summed E-state index contributed by atoms with van der Waals surface area (Å²) in [7, 11) is 1.80. The molecule has 1 heterocycles. The van der Waals surface area contributed by atoms with E-state index in [4.69, 9.17) is 0 Å². The number of carbonyl (C=O) groups excluding carboxylic acids is 1. The molecule has 0 saturated heterocycles. The fourth-order valence-corrected chi connectivity index (χ4v) is 2.55. The van der Waals surface area contributed by atoms with Gasteiger partial charge in [0.1, 0.15) is 5.54 Å². The molecule has 1 aliphatic carbocycles. The predicted molar refractivity (Wildman–Crippen MR) is 72.0 cm³/mol. The lowest BCUT2D eigenvalue weighted by Crippen LogP contribution is -2.57. The molecule has 2 amide bonds. The minimum Gasteiger partial charge on any atom is -0.480 e. The maximum Gasteiger partial charge on any atom is 0.329 e. The van der Waals surface area contributed by atoms with Gasteiger partial charge in [0.15, 0.2) is 0 Å². The quantitative estimate of drug-likeness (QED) is 0.766. The molecule has 1 aromatic heterocycles. The van der Waals surface area contributed by atoms with E-state index in [9.17, 15) is 14.7 Å². The van der Waals surface area contributed by atoms with E-state index in [2.05, 4.69) is 15.7 Å². The molecular formula is C13H20N4O3. The van der Waals surface area contributed by atoms with Crippen molar-refractivity contribution in [1.82, 2.24) is 20.4 Å². The highest BCUT2D eigenvalue weighted by Crippen LogP contribution is 2.28. The largest absolute Gasteiger partial charge is 0.480 e. The second-order valence-electron chi connectivity index (χ2n) is 5.28. The summed E-state index contributed by atoms with van der Waals surface area (Å²) in [5, 5.41) is 18.7. The Morgan fingerprint density at radius 3 is 2.65 bits per heavy atom. The van der Waals surface area contributed by atoms with Gasteiger partial charge in [-0.15, -0.1) is 0 Å². The first-order valence-electron chi connectivity index (χ1n) is 6.79. The average molecular weight is 280 g/mol. The van der Waals surface area contributed by atoms with E-state index in [1.165, 1.54) is 0 Å². The molecule has 3 N–H and O–H groups in total. The molecule has 0 atom stereocenters. The molecule has 2 rings (SSSR count). The molecule has 7 heteroatoms. The van der Waals surface area contributed by atoms with Gasteiger partial charge in [-0.1, -0.05) is 19.3 Å². The van der Waals surface area contributed by atoms with Crippen molar-refractivity contribution in [3.63, 3.8) is 0 Å². The standard InChI is InChI=1S/C13H20N4O3/c1-17-9-10(8-15-17)7-14-12(20)16-13(11(18)19)5-3-2-4-6-13/h8-9H,2-7H2,1H3,(H,18,19)(H2,14,16,20). The molecule has 0 radical (unpaired) electrons. The second kappa shape index (κ2) is 5.94. The molecule has 0 unspecified atom stereocenters. The van der Waals surface area contributed by atoms with Gasteiger partial charge in [-0.05, 0) is 12.8 Å². The van der Waals surface area contributed by atoms with Crippen molar-refractivity contribution in [1.29, 1.82) is 0 Å². The van der Waals surface area contributed by atoms with Crippen molar-refractivity contribution in [2.75, 3.05) is 0 Å². The normalized spacial score (nSPS) is 17.4. The van der Waals surface area contributed by atoms with E-state index in [1.807, 2.05) is 0 Å². The number of hydrogen-bond acceptors (Lipinski definition) is 3. The number of aliphatic carboxylic acids is 1. The molecule has 0 aromatic carbocycles. The monoisotopic (exact) mass is 280 g/mol. The maximum atomic E-state index is 11.9. The number of carboxylic acid groups (broad SMARTS) is 1. The lowest BCUT2D eigenvalue weighted by atomic mass is 9.82. The molecule has 1 fully saturated rings. The molecule has 1 aromatic rings. The first-order valence-corrected chi connectivity index (χ1v) is 6.79. The third kappa shape index (κ3) is 3.28. The number of aromatic nitrogens is 2. The molecule has 7 nitrogen and oxygen atoms in total. The van der Waals surface area contributed by atoms with Crippen LogP contribution in [0.2, 0.25) is 0 Å². The molecule has 110 valence electrons.